The van der Waals surface area contributed by atoms with Crippen molar-refractivity contribution in [3.05, 3.63) is 83.2 Å². The quantitative estimate of drug-likeness (QED) is 0.904. The number of carbonyl (C=O) groups is 1. The number of fused-ring (bicyclic) bond motifs is 1. The zero-order valence-corrected chi connectivity index (χ0v) is 12.2. The summed E-state index contributed by atoms with van der Waals surface area (Å²) < 4.78 is 14.0. The summed E-state index contributed by atoms with van der Waals surface area (Å²) in [6.45, 7) is 0. The third-order valence-corrected chi connectivity index (χ3v) is 4.32. The highest BCUT2D eigenvalue weighted by atomic mass is 19.1. The Labute approximate surface area is 129 Å². The second-order valence-corrected chi connectivity index (χ2v) is 5.65. The number of primary amides is 1. The maximum atomic E-state index is 14.0. The second kappa shape index (κ2) is 6.14. The second-order valence-electron chi connectivity index (χ2n) is 5.65. The summed E-state index contributed by atoms with van der Waals surface area (Å²) in [5.41, 5.74) is 7.34. The highest BCUT2D eigenvalue weighted by molar-refractivity contribution is 5.94. The summed E-state index contributed by atoms with van der Waals surface area (Å²) in [5, 5.41) is 0. The molecular weight excluding hydrogens is 277 g/mol. The highest BCUT2D eigenvalue weighted by Gasteiger charge is 2.23. The van der Waals surface area contributed by atoms with Crippen LogP contribution in [0.5, 0.6) is 0 Å². The van der Waals surface area contributed by atoms with Crippen LogP contribution in [0, 0.1) is 17.7 Å². The molecule has 0 radical (unpaired) electrons. The molecule has 3 rings (SSSR count). The summed E-state index contributed by atoms with van der Waals surface area (Å²) in [7, 11) is 0. The van der Waals surface area contributed by atoms with Gasteiger partial charge in [-0.25, -0.2) is 4.39 Å². The number of amides is 1. The van der Waals surface area contributed by atoms with Gasteiger partial charge in [0.25, 0.3) is 0 Å². The van der Waals surface area contributed by atoms with Crippen LogP contribution in [0.25, 0.3) is 0 Å². The fourth-order valence-electron chi connectivity index (χ4n) is 3.19. The minimum absolute atomic E-state index is 0.287. The van der Waals surface area contributed by atoms with Gasteiger partial charge in [0.05, 0.1) is 0 Å². The van der Waals surface area contributed by atoms with Crippen molar-refractivity contribution in [2.45, 2.75) is 12.8 Å². The third kappa shape index (κ3) is 2.80. The van der Waals surface area contributed by atoms with E-state index in [4.69, 9.17) is 5.73 Å². The molecule has 0 saturated carbocycles. The highest BCUT2D eigenvalue weighted by Crippen LogP contribution is 2.34. The lowest BCUT2D eigenvalue weighted by Gasteiger charge is -2.27. The maximum Gasteiger partial charge on any atom is 0.249 e. The summed E-state index contributed by atoms with van der Waals surface area (Å²) >= 11 is 0. The first-order valence-electron chi connectivity index (χ1n) is 7.47. The van der Waals surface area contributed by atoms with Crippen LogP contribution in [-0.4, -0.2) is 5.91 Å². The number of rotatable bonds is 4. The average molecular weight is 295 g/mol. The maximum absolute atomic E-state index is 14.0. The van der Waals surface area contributed by atoms with E-state index < -0.39 is 5.91 Å². The van der Waals surface area contributed by atoms with Crippen molar-refractivity contribution in [1.82, 2.24) is 0 Å². The van der Waals surface area contributed by atoms with Crippen LogP contribution in [-0.2, 0) is 6.42 Å². The third-order valence-electron chi connectivity index (χ3n) is 4.32. The molecule has 0 heterocycles. The zero-order chi connectivity index (χ0) is 15.5. The summed E-state index contributed by atoms with van der Waals surface area (Å²) in [5.74, 6) is -0.291. The number of carbonyl (C=O) groups excluding carboxylic acids is 1. The minimum atomic E-state index is -0.574. The van der Waals surface area contributed by atoms with Crippen LogP contribution in [0.15, 0.2) is 66.3 Å². The molecule has 0 saturated heterocycles. The van der Waals surface area contributed by atoms with E-state index in [0.717, 1.165) is 6.42 Å². The lowest BCUT2D eigenvalue weighted by Crippen LogP contribution is -2.19. The summed E-state index contributed by atoms with van der Waals surface area (Å²) in [4.78, 5) is 11.5. The molecule has 2 nitrogen and oxygen atoms in total. The van der Waals surface area contributed by atoms with Crippen molar-refractivity contribution in [3.8, 4) is 0 Å². The van der Waals surface area contributed by atoms with Crippen LogP contribution in [0.2, 0.25) is 0 Å². The molecule has 2 unspecified atom stereocenters. The van der Waals surface area contributed by atoms with Crippen LogP contribution >= 0.6 is 0 Å². The van der Waals surface area contributed by atoms with E-state index in [0.29, 0.717) is 23.8 Å². The van der Waals surface area contributed by atoms with E-state index in [1.807, 2.05) is 12.2 Å². The van der Waals surface area contributed by atoms with Crippen molar-refractivity contribution < 1.29 is 9.18 Å². The molecule has 0 aromatic heterocycles. The Bertz CT molecular complexity index is 712. The minimum Gasteiger partial charge on any atom is -0.366 e. The van der Waals surface area contributed by atoms with Crippen LogP contribution < -0.4 is 5.73 Å². The van der Waals surface area contributed by atoms with Gasteiger partial charge >= 0.3 is 0 Å². The van der Waals surface area contributed by atoms with Crippen molar-refractivity contribution in [2.75, 3.05) is 0 Å². The van der Waals surface area contributed by atoms with Gasteiger partial charge in [-0.2, -0.15) is 0 Å². The lowest BCUT2D eigenvalue weighted by molar-refractivity contribution is 0.0998. The SMILES string of the molecule is NC(=O)c1cccc(F)c1CCC1C=CC=C2C=CC=CC21. The van der Waals surface area contributed by atoms with E-state index >= 15 is 0 Å². The first kappa shape index (κ1) is 14.5. The van der Waals surface area contributed by atoms with Gasteiger partial charge < -0.3 is 5.73 Å². The lowest BCUT2D eigenvalue weighted by atomic mass is 9.77. The Morgan fingerprint density at radius 3 is 2.86 bits per heavy atom. The van der Waals surface area contributed by atoms with Crippen molar-refractivity contribution in [3.63, 3.8) is 0 Å². The van der Waals surface area contributed by atoms with E-state index in [1.54, 1.807) is 6.07 Å². The number of hydrogen-bond acceptors (Lipinski definition) is 1. The molecule has 0 aliphatic heterocycles. The number of allylic oxidation sites excluding steroid dienone is 8. The Hall–Kier alpha value is -2.42. The van der Waals surface area contributed by atoms with Gasteiger partial charge in [-0.1, -0.05) is 48.6 Å². The normalized spacial score (nSPS) is 22.3. The molecule has 3 heteroatoms. The number of nitrogens with two attached hydrogens (primary N) is 1. The smallest absolute Gasteiger partial charge is 0.249 e. The van der Waals surface area contributed by atoms with Gasteiger partial charge in [0.2, 0.25) is 5.91 Å². The van der Waals surface area contributed by atoms with Crippen molar-refractivity contribution in [1.29, 1.82) is 0 Å². The molecular formula is C19H18FNO. The van der Waals surface area contributed by atoms with E-state index in [1.165, 1.54) is 17.7 Å². The van der Waals surface area contributed by atoms with Gasteiger partial charge in [0.15, 0.2) is 0 Å². The van der Waals surface area contributed by atoms with Gasteiger partial charge in [0.1, 0.15) is 5.82 Å². The predicted molar refractivity (Wildman–Crippen MR) is 85.7 cm³/mol. The molecule has 2 aliphatic rings. The molecule has 0 bridgehead atoms. The van der Waals surface area contributed by atoms with Crippen molar-refractivity contribution >= 4 is 5.91 Å². The predicted octanol–water partition coefficient (Wildman–Crippen LogP) is 3.71. The largest absolute Gasteiger partial charge is 0.366 e. The van der Waals surface area contributed by atoms with E-state index in [9.17, 15) is 9.18 Å². The van der Waals surface area contributed by atoms with Gasteiger partial charge in [-0.05, 0) is 36.5 Å². The van der Waals surface area contributed by atoms with Crippen LogP contribution in [0.4, 0.5) is 4.39 Å². The molecule has 1 aromatic carbocycles. The first-order valence-corrected chi connectivity index (χ1v) is 7.47. The van der Waals surface area contributed by atoms with Gasteiger partial charge in [-0.15, -0.1) is 0 Å². The fraction of sp³-hybridized carbons (Fsp3) is 0.211. The summed E-state index contributed by atoms with van der Waals surface area (Å²) in [6, 6.07) is 4.49. The molecule has 1 aromatic rings. The Morgan fingerprint density at radius 1 is 1.18 bits per heavy atom. The monoisotopic (exact) mass is 295 g/mol. The molecule has 1 amide bonds. The van der Waals surface area contributed by atoms with Gasteiger partial charge in [-0.3, -0.25) is 4.79 Å². The van der Waals surface area contributed by atoms with Gasteiger partial charge in [0, 0.05) is 17.0 Å². The summed E-state index contributed by atoms with van der Waals surface area (Å²) in [6.07, 6.45) is 16.0. The van der Waals surface area contributed by atoms with E-state index in [-0.39, 0.29) is 11.4 Å². The molecule has 2 N–H and O–H groups in total. The number of benzene rings is 1. The number of halogens is 1. The molecule has 2 aliphatic carbocycles. The molecule has 0 fully saturated rings. The zero-order valence-electron chi connectivity index (χ0n) is 12.2. The van der Waals surface area contributed by atoms with Crippen LogP contribution in [0.1, 0.15) is 22.3 Å². The standard InChI is InChI=1S/C19H18FNO/c20-18-10-4-9-17(19(21)22)16(18)12-11-14-7-3-6-13-5-1-2-8-15(13)14/h1-10,14-15H,11-12H2,(H2,21,22). The topological polar surface area (TPSA) is 43.1 Å². The van der Waals surface area contributed by atoms with E-state index in [2.05, 4.69) is 30.4 Å². The Kier molecular flexibility index (Phi) is 4.05. The molecule has 112 valence electrons. The fourth-order valence-corrected chi connectivity index (χ4v) is 3.19. The molecule has 2 atom stereocenters. The average Bonchev–Trinajstić information content (AvgIpc) is 2.53. The number of hydrogen-bond donors (Lipinski definition) is 1. The molecule has 22 heavy (non-hydrogen) atoms. The Balaban J connectivity index is 1.78. The van der Waals surface area contributed by atoms with Crippen molar-refractivity contribution in [2.24, 2.45) is 17.6 Å². The molecule has 0 spiro atoms. The first-order chi connectivity index (χ1) is 10.7. The Morgan fingerprint density at radius 2 is 2.05 bits per heavy atom. The van der Waals surface area contributed by atoms with Crippen LogP contribution in [0.3, 0.4) is 0 Å².